The van der Waals surface area contributed by atoms with Crippen molar-refractivity contribution in [3.05, 3.63) is 58.0 Å². The molecule has 140 valence electrons. The number of amides is 1. The lowest BCUT2D eigenvalue weighted by molar-refractivity contribution is 0.0662. The fraction of sp³-hybridized carbons (Fsp3) is 0.350. The number of piperazine rings is 1. The predicted molar refractivity (Wildman–Crippen MR) is 104 cm³/mol. The Morgan fingerprint density at radius 2 is 1.70 bits per heavy atom. The minimum Gasteiger partial charge on any atom is -0.336 e. The van der Waals surface area contributed by atoms with Crippen LogP contribution in [0.1, 0.15) is 16.1 Å². The number of carbonyl (C=O) groups excluding carboxylic acids is 1. The smallest absolute Gasteiger partial charge is 0.259 e. The number of rotatable bonds is 2. The molecule has 0 atom stereocenters. The van der Waals surface area contributed by atoms with Gasteiger partial charge in [-0.25, -0.2) is 4.68 Å². The van der Waals surface area contributed by atoms with Gasteiger partial charge in [0.25, 0.3) is 5.91 Å². The number of fused-ring (bicyclic) bond motifs is 1. The van der Waals surface area contributed by atoms with Crippen LogP contribution in [0.3, 0.4) is 0 Å². The molecule has 0 bridgehead atoms. The van der Waals surface area contributed by atoms with Crippen LogP contribution >= 0.6 is 0 Å². The first-order valence-corrected chi connectivity index (χ1v) is 9.09. The van der Waals surface area contributed by atoms with Crippen LogP contribution in [-0.4, -0.2) is 63.3 Å². The van der Waals surface area contributed by atoms with Crippen molar-refractivity contribution in [1.82, 2.24) is 24.1 Å². The van der Waals surface area contributed by atoms with E-state index < -0.39 is 0 Å². The molecule has 7 nitrogen and oxygen atoms in total. The van der Waals surface area contributed by atoms with E-state index in [4.69, 9.17) is 0 Å². The molecule has 0 saturated carbocycles. The number of likely N-dealkylation sites (N-methyl/N-ethyl adjacent to an activating group) is 1. The van der Waals surface area contributed by atoms with E-state index in [1.807, 2.05) is 55.9 Å². The van der Waals surface area contributed by atoms with Crippen LogP contribution < -0.4 is 5.43 Å². The second-order valence-corrected chi connectivity index (χ2v) is 7.11. The van der Waals surface area contributed by atoms with Gasteiger partial charge in [-0.15, -0.1) is 0 Å². The standard InChI is InChI=1S/C20H23N5O2/c1-14-17-18(26)16(20(27)24-11-9-22(2)10-12-24)13-23(3)19(17)25(21-14)15-7-5-4-6-8-15/h4-8,13H,9-12H2,1-3H3. The second kappa shape index (κ2) is 6.66. The summed E-state index contributed by atoms with van der Waals surface area (Å²) in [5.74, 6) is -0.197. The Labute approximate surface area is 157 Å². The number of aryl methyl sites for hydroxylation is 2. The van der Waals surface area contributed by atoms with Gasteiger partial charge in [-0.1, -0.05) is 18.2 Å². The van der Waals surface area contributed by atoms with Crippen LogP contribution in [-0.2, 0) is 7.05 Å². The van der Waals surface area contributed by atoms with Gasteiger partial charge in [-0.2, -0.15) is 5.10 Å². The van der Waals surface area contributed by atoms with Crippen molar-refractivity contribution in [2.75, 3.05) is 33.2 Å². The molecule has 0 unspecified atom stereocenters. The average molecular weight is 365 g/mol. The minimum atomic E-state index is -0.244. The molecule has 3 heterocycles. The van der Waals surface area contributed by atoms with Crippen LogP contribution in [0.15, 0.2) is 41.3 Å². The molecule has 2 aromatic heterocycles. The van der Waals surface area contributed by atoms with E-state index in [2.05, 4.69) is 10.00 Å². The molecular formula is C20H23N5O2. The number of para-hydroxylation sites is 1. The van der Waals surface area contributed by atoms with E-state index in [9.17, 15) is 9.59 Å². The summed E-state index contributed by atoms with van der Waals surface area (Å²) < 4.78 is 3.59. The summed E-state index contributed by atoms with van der Waals surface area (Å²) in [6.45, 7) is 4.73. The highest BCUT2D eigenvalue weighted by Gasteiger charge is 2.25. The molecule has 0 aliphatic carbocycles. The summed E-state index contributed by atoms with van der Waals surface area (Å²) in [5.41, 5.74) is 2.17. The number of carbonyl (C=O) groups is 1. The first-order valence-electron chi connectivity index (χ1n) is 9.09. The highest BCUT2D eigenvalue weighted by molar-refractivity contribution is 5.97. The molecule has 0 radical (unpaired) electrons. The van der Waals surface area contributed by atoms with E-state index in [0.29, 0.717) is 29.8 Å². The van der Waals surface area contributed by atoms with E-state index in [0.717, 1.165) is 18.8 Å². The third-order valence-electron chi connectivity index (χ3n) is 5.19. The quantitative estimate of drug-likeness (QED) is 0.689. The topological polar surface area (TPSA) is 63.4 Å². The van der Waals surface area contributed by atoms with Gasteiger partial charge >= 0.3 is 0 Å². The van der Waals surface area contributed by atoms with E-state index >= 15 is 0 Å². The maximum Gasteiger partial charge on any atom is 0.259 e. The van der Waals surface area contributed by atoms with Crippen molar-refractivity contribution in [3.63, 3.8) is 0 Å². The lowest BCUT2D eigenvalue weighted by Gasteiger charge is -2.32. The first kappa shape index (κ1) is 17.5. The molecule has 27 heavy (non-hydrogen) atoms. The summed E-state index contributed by atoms with van der Waals surface area (Å²) in [7, 11) is 3.89. The molecule has 4 rings (SSSR count). The SMILES string of the molecule is Cc1nn(-c2ccccc2)c2c1c(=O)c(C(=O)N1CCN(C)CC1)cn2C. The van der Waals surface area contributed by atoms with Crippen molar-refractivity contribution < 1.29 is 4.79 Å². The summed E-state index contributed by atoms with van der Waals surface area (Å²) in [4.78, 5) is 30.1. The highest BCUT2D eigenvalue weighted by Crippen LogP contribution is 2.20. The van der Waals surface area contributed by atoms with Gasteiger partial charge in [0.2, 0.25) is 5.43 Å². The normalized spacial score (nSPS) is 15.4. The van der Waals surface area contributed by atoms with Crippen LogP contribution in [0.25, 0.3) is 16.7 Å². The zero-order chi connectivity index (χ0) is 19.1. The van der Waals surface area contributed by atoms with Gasteiger partial charge in [-0.05, 0) is 26.1 Å². The Morgan fingerprint density at radius 3 is 2.37 bits per heavy atom. The summed E-state index contributed by atoms with van der Waals surface area (Å²) in [5, 5.41) is 5.07. The first-order chi connectivity index (χ1) is 13.0. The highest BCUT2D eigenvalue weighted by atomic mass is 16.2. The van der Waals surface area contributed by atoms with Crippen molar-refractivity contribution >= 4 is 16.9 Å². The monoisotopic (exact) mass is 365 g/mol. The molecule has 1 aliphatic rings. The Bertz CT molecular complexity index is 1060. The molecule has 3 aromatic rings. The van der Waals surface area contributed by atoms with Crippen molar-refractivity contribution in [2.45, 2.75) is 6.92 Å². The molecule has 1 saturated heterocycles. The van der Waals surface area contributed by atoms with E-state index in [1.165, 1.54) is 0 Å². The molecule has 1 amide bonds. The molecule has 1 aliphatic heterocycles. The number of nitrogens with zero attached hydrogens (tertiary/aromatic N) is 5. The predicted octanol–water partition coefficient (Wildman–Crippen LogP) is 1.42. The Balaban J connectivity index is 1.84. The molecule has 1 fully saturated rings. The fourth-order valence-corrected chi connectivity index (χ4v) is 3.64. The number of hydrogen-bond donors (Lipinski definition) is 0. The van der Waals surface area contributed by atoms with Gasteiger partial charge in [0, 0.05) is 39.4 Å². The van der Waals surface area contributed by atoms with Gasteiger partial charge in [0.1, 0.15) is 11.2 Å². The van der Waals surface area contributed by atoms with Crippen molar-refractivity contribution in [1.29, 1.82) is 0 Å². The minimum absolute atomic E-state index is 0.197. The van der Waals surface area contributed by atoms with Crippen LogP contribution in [0, 0.1) is 6.92 Å². The number of hydrogen-bond acceptors (Lipinski definition) is 4. The molecule has 7 heteroatoms. The van der Waals surface area contributed by atoms with Crippen LogP contribution in [0.4, 0.5) is 0 Å². The van der Waals surface area contributed by atoms with E-state index in [-0.39, 0.29) is 16.9 Å². The van der Waals surface area contributed by atoms with Crippen molar-refractivity contribution in [3.8, 4) is 5.69 Å². The number of aromatic nitrogens is 3. The zero-order valence-electron chi connectivity index (χ0n) is 15.8. The lowest BCUT2D eigenvalue weighted by atomic mass is 10.1. The van der Waals surface area contributed by atoms with Crippen LogP contribution in [0.2, 0.25) is 0 Å². The molecule has 0 spiro atoms. The number of pyridine rings is 1. The Kier molecular flexibility index (Phi) is 4.31. The molecular weight excluding hydrogens is 342 g/mol. The average Bonchev–Trinajstić information content (AvgIpc) is 3.03. The van der Waals surface area contributed by atoms with Gasteiger partial charge in [0.15, 0.2) is 0 Å². The third-order valence-corrected chi connectivity index (χ3v) is 5.19. The number of benzene rings is 1. The fourth-order valence-electron chi connectivity index (χ4n) is 3.64. The van der Waals surface area contributed by atoms with Gasteiger partial charge < -0.3 is 14.4 Å². The van der Waals surface area contributed by atoms with E-state index in [1.54, 1.807) is 15.8 Å². The summed E-state index contributed by atoms with van der Waals surface area (Å²) in [6.07, 6.45) is 1.64. The molecule has 0 N–H and O–H groups in total. The Hall–Kier alpha value is -2.93. The largest absolute Gasteiger partial charge is 0.336 e. The van der Waals surface area contributed by atoms with Gasteiger partial charge in [-0.3, -0.25) is 9.59 Å². The van der Waals surface area contributed by atoms with Crippen molar-refractivity contribution in [2.24, 2.45) is 7.05 Å². The summed E-state index contributed by atoms with van der Waals surface area (Å²) in [6, 6.07) is 9.69. The zero-order valence-corrected chi connectivity index (χ0v) is 15.8. The Morgan fingerprint density at radius 1 is 1.04 bits per heavy atom. The maximum atomic E-state index is 13.2. The molecule has 1 aromatic carbocycles. The maximum absolute atomic E-state index is 13.2. The summed E-state index contributed by atoms with van der Waals surface area (Å²) >= 11 is 0. The van der Waals surface area contributed by atoms with Crippen LogP contribution in [0.5, 0.6) is 0 Å². The lowest BCUT2D eigenvalue weighted by Crippen LogP contribution is -2.48. The van der Waals surface area contributed by atoms with Gasteiger partial charge in [0.05, 0.1) is 16.8 Å². The third kappa shape index (κ3) is 2.94. The second-order valence-electron chi connectivity index (χ2n) is 7.11.